The molecule has 1 aromatic heterocycles. The van der Waals surface area contributed by atoms with Crippen molar-refractivity contribution >= 4 is 11.7 Å². The highest BCUT2D eigenvalue weighted by Crippen LogP contribution is 2.34. The Labute approximate surface area is 127 Å². The number of piperidine rings is 1. The molecule has 5 nitrogen and oxygen atoms in total. The zero-order valence-electron chi connectivity index (χ0n) is 13.5. The van der Waals surface area contributed by atoms with E-state index < -0.39 is 0 Å². The van der Waals surface area contributed by atoms with Crippen molar-refractivity contribution in [3.63, 3.8) is 0 Å². The van der Waals surface area contributed by atoms with E-state index in [4.69, 9.17) is 0 Å². The van der Waals surface area contributed by atoms with Gasteiger partial charge in [-0.15, -0.1) is 0 Å². The minimum atomic E-state index is -0.00194. The predicted molar refractivity (Wildman–Crippen MR) is 84.3 cm³/mol. The van der Waals surface area contributed by atoms with Crippen LogP contribution in [0.2, 0.25) is 0 Å². The molecule has 0 spiro atoms. The van der Waals surface area contributed by atoms with Crippen molar-refractivity contribution in [2.75, 3.05) is 25.0 Å². The van der Waals surface area contributed by atoms with Gasteiger partial charge in [-0.2, -0.15) is 0 Å². The molecule has 0 radical (unpaired) electrons. The number of amides is 1. The van der Waals surface area contributed by atoms with Crippen LogP contribution in [0.5, 0.6) is 0 Å². The Morgan fingerprint density at radius 3 is 2.43 bits per heavy atom. The summed E-state index contributed by atoms with van der Waals surface area (Å²) in [5, 5.41) is 3.08. The number of hydrogen-bond donors (Lipinski definition) is 1. The molecular weight excluding hydrogens is 264 g/mol. The van der Waals surface area contributed by atoms with Gasteiger partial charge in [0.05, 0.1) is 12.4 Å². The fraction of sp³-hybridized carbons (Fsp3) is 0.688. The van der Waals surface area contributed by atoms with Crippen molar-refractivity contribution in [3.05, 3.63) is 18.1 Å². The third-order valence-corrected chi connectivity index (χ3v) is 4.24. The molecule has 1 saturated heterocycles. The summed E-state index contributed by atoms with van der Waals surface area (Å²) in [7, 11) is 0. The lowest BCUT2D eigenvalue weighted by Gasteiger charge is -2.38. The smallest absolute Gasteiger partial charge is 0.274 e. The van der Waals surface area contributed by atoms with Crippen LogP contribution < -0.4 is 5.32 Å². The first-order valence-corrected chi connectivity index (χ1v) is 7.77. The fourth-order valence-electron chi connectivity index (χ4n) is 2.82. The number of hydrogen-bond acceptors (Lipinski definition) is 4. The number of nitrogens with one attached hydrogen (secondary N) is 1. The van der Waals surface area contributed by atoms with Gasteiger partial charge in [0.2, 0.25) is 0 Å². The Kier molecular flexibility index (Phi) is 4.80. The highest BCUT2D eigenvalue weighted by atomic mass is 16.2. The lowest BCUT2D eigenvalue weighted by atomic mass is 9.75. The van der Waals surface area contributed by atoms with Crippen LogP contribution in [-0.2, 0) is 0 Å². The van der Waals surface area contributed by atoms with Crippen LogP contribution in [0.4, 0.5) is 5.82 Å². The molecule has 2 rings (SSSR count). The van der Waals surface area contributed by atoms with E-state index in [0.29, 0.717) is 22.8 Å². The molecule has 2 heterocycles. The minimum Gasteiger partial charge on any atom is -0.369 e. The van der Waals surface area contributed by atoms with E-state index in [1.807, 2.05) is 11.8 Å². The van der Waals surface area contributed by atoms with Gasteiger partial charge in [0.25, 0.3) is 5.91 Å². The van der Waals surface area contributed by atoms with Crippen molar-refractivity contribution in [2.24, 2.45) is 11.3 Å². The zero-order valence-corrected chi connectivity index (χ0v) is 13.5. The Morgan fingerprint density at radius 1 is 1.29 bits per heavy atom. The van der Waals surface area contributed by atoms with Gasteiger partial charge in [-0.1, -0.05) is 20.8 Å². The van der Waals surface area contributed by atoms with Crippen molar-refractivity contribution in [3.8, 4) is 0 Å². The topological polar surface area (TPSA) is 58.1 Å². The lowest BCUT2D eigenvalue weighted by molar-refractivity contribution is 0.0603. The SMILES string of the molecule is CCNc1cnc(C(=O)N2CCC(C(C)(C)C)CC2)cn1. The average Bonchev–Trinajstić information content (AvgIpc) is 2.47. The molecule has 0 atom stereocenters. The van der Waals surface area contributed by atoms with Gasteiger partial charge in [0, 0.05) is 19.6 Å². The summed E-state index contributed by atoms with van der Waals surface area (Å²) in [6.07, 6.45) is 5.32. The lowest BCUT2D eigenvalue weighted by Crippen LogP contribution is -2.41. The average molecular weight is 290 g/mol. The fourth-order valence-corrected chi connectivity index (χ4v) is 2.82. The summed E-state index contributed by atoms with van der Waals surface area (Å²) in [6, 6.07) is 0. The Balaban J connectivity index is 1.95. The first-order valence-electron chi connectivity index (χ1n) is 7.77. The third-order valence-electron chi connectivity index (χ3n) is 4.24. The molecule has 0 aromatic carbocycles. The molecular formula is C16H26N4O. The molecule has 0 aliphatic carbocycles. The largest absolute Gasteiger partial charge is 0.369 e. The number of aromatic nitrogens is 2. The van der Waals surface area contributed by atoms with Crippen LogP contribution in [0.25, 0.3) is 0 Å². The second kappa shape index (κ2) is 6.41. The number of likely N-dealkylation sites (tertiary alicyclic amines) is 1. The van der Waals surface area contributed by atoms with E-state index >= 15 is 0 Å². The first-order chi connectivity index (χ1) is 9.91. The Bertz CT molecular complexity index is 470. The first kappa shape index (κ1) is 15.7. The normalized spacial score (nSPS) is 16.9. The molecule has 1 aliphatic rings. The van der Waals surface area contributed by atoms with Crippen molar-refractivity contribution in [1.82, 2.24) is 14.9 Å². The maximum atomic E-state index is 12.4. The molecule has 1 fully saturated rings. The van der Waals surface area contributed by atoms with E-state index in [1.165, 1.54) is 0 Å². The number of carbonyl (C=O) groups excluding carboxylic acids is 1. The maximum absolute atomic E-state index is 12.4. The van der Waals surface area contributed by atoms with Gasteiger partial charge in [-0.3, -0.25) is 4.79 Å². The monoisotopic (exact) mass is 290 g/mol. The van der Waals surface area contributed by atoms with Gasteiger partial charge in [0.15, 0.2) is 0 Å². The van der Waals surface area contributed by atoms with Gasteiger partial charge >= 0.3 is 0 Å². The van der Waals surface area contributed by atoms with Crippen LogP contribution in [-0.4, -0.2) is 40.4 Å². The van der Waals surface area contributed by atoms with Crippen molar-refractivity contribution < 1.29 is 4.79 Å². The Hall–Kier alpha value is -1.65. The van der Waals surface area contributed by atoms with Crippen molar-refractivity contribution in [1.29, 1.82) is 0 Å². The zero-order chi connectivity index (χ0) is 15.5. The summed E-state index contributed by atoms with van der Waals surface area (Å²) in [5.41, 5.74) is 0.758. The standard InChI is InChI=1S/C16H26N4O/c1-5-17-14-11-18-13(10-19-14)15(21)20-8-6-12(7-9-20)16(2,3)4/h10-12H,5-9H2,1-4H3,(H,17,19). The molecule has 21 heavy (non-hydrogen) atoms. The molecule has 5 heteroatoms. The maximum Gasteiger partial charge on any atom is 0.274 e. The van der Waals surface area contributed by atoms with E-state index in [-0.39, 0.29) is 5.91 Å². The molecule has 0 bridgehead atoms. The molecule has 116 valence electrons. The molecule has 0 unspecified atom stereocenters. The van der Waals surface area contributed by atoms with E-state index in [1.54, 1.807) is 12.4 Å². The second-order valence-electron chi connectivity index (χ2n) is 6.75. The van der Waals surface area contributed by atoms with Crippen LogP contribution in [0, 0.1) is 11.3 Å². The number of rotatable bonds is 3. The quantitative estimate of drug-likeness (QED) is 0.930. The van der Waals surface area contributed by atoms with Crippen LogP contribution in [0.1, 0.15) is 51.0 Å². The molecule has 1 aliphatic heterocycles. The van der Waals surface area contributed by atoms with Crippen LogP contribution >= 0.6 is 0 Å². The van der Waals surface area contributed by atoms with E-state index in [9.17, 15) is 4.79 Å². The molecule has 1 aromatic rings. The van der Waals surface area contributed by atoms with Gasteiger partial charge in [-0.25, -0.2) is 9.97 Å². The Morgan fingerprint density at radius 2 is 1.95 bits per heavy atom. The highest BCUT2D eigenvalue weighted by Gasteiger charge is 2.31. The summed E-state index contributed by atoms with van der Waals surface area (Å²) in [6.45, 7) is 11.3. The summed E-state index contributed by atoms with van der Waals surface area (Å²) in [4.78, 5) is 22.8. The highest BCUT2D eigenvalue weighted by molar-refractivity contribution is 5.92. The molecule has 1 N–H and O–H groups in total. The van der Waals surface area contributed by atoms with Gasteiger partial charge in [0.1, 0.15) is 11.5 Å². The third kappa shape index (κ3) is 3.93. The van der Waals surface area contributed by atoms with Gasteiger partial charge in [-0.05, 0) is 31.1 Å². The summed E-state index contributed by atoms with van der Waals surface area (Å²) in [5.74, 6) is 1.39. The van der Waals surface area contributed by atoms with Crippen LogP contribution in [0.15, 0.2) is 12.4 Å². The summed E-state index contributed by atoms with van der Waals surface area (Å²) < 4.78 is 0. The van der Waals surface area contributed by atoms with Gasteiger partial charge < -0.3 is 10.2 Å². The van der Waals surface area contributed by atoms with Crippen LogP contribution in [0.3, 0.4) is 0 Å². The van der Waals surface area contributed by atoms with Crippen molar-refractivity contribution in [2.45, 2.75) is 40.5 Å². The summed E-state index contributed by atoms with van der Waals surface area (Å²) >= 11 is 0. The number of nitrogens with zero attached hydrogens (tertiary/aromatic N) is 3. The molecule has 1 amide bonds. The van der Waals surface area contributed by atoms with E-state index in [2.05, 4.69) is 36.1 Å². The second-order valence-corrected chi connectivity index (χ2v) is 6.75. The van der Waals surface area contributed by atoms with E-state index in [0.717, 1.165) is 32.5 Å². The number of anilines is 1. The number of carbonyl (C=O) groups is 1. The molecule has 0 saturated carbocycles. The minimum absolute atomic E-state index is 0.00194. The predicted octanol–water partition coefficient (Wildman–Crippen LogP) is 2.81.